The Kier molecular flexibility index (Phi) is 6.27. The fourth-order valence-corrected chi connectivity index (χ4v) is 4.45. The second kappa shape index (κ2) is 8.94. The molecular formula is C24H29FN2O4. The number of aliphatic hydroxyl groups is 2. The van der Waals surface area contributed by atoms with Crippen molar-refractivity contribution < 1.29 is 24.1 Å². The van der Waals surface area contributed by atoms with Crippen molar-refractivity contribution in [1.82, 2.24) is 4.90 Å². The van der Waals surface area contributed by atoms with Crippen molar-refractivity contribution in [3.05, 3.63) is 59.4 Å². The van der Waals surface area contributed by atoms with Gasteiger partial charge in [0.05, 0.1) is 12.2 Å². The van der Waals surface area contributed by atoms with E-state index in [0.29, 0.717) is 30.7 Å². The first-order chi connectivity index (χ1) is 14.9. The van der Waals surface area contributed by atoms with Gasteiger partial charge in [-0.1, -0.05) is 19.1 Å². The van der Waals surface area contributed by atoms with E-state index in [9.17, 15) is 19.4 Å². The minimum absolute atomic E-state index is 0.0432. The van der Waals surface area contributed by atoms with Crippen LogP contribution >= 0.6 is 0 Å². The molecule has 166 valence electrons. The summed E-state index contributed by atoms with van der Waals surface area (Å²) in [6, 6.07) is 11.6. The van der Waals surface area contributed by atoms with Crippen LogP contribution in [0.15, 0.2) is 42.5 Å². The molecule has 2 heterocycles. The Labute approximate surface area is 181 Å². The monoisotopic (exact) mass is 428 g/mol. The fourth-order valence-electron chi connectivity index (χ4n) is 4.45. The number of carbonyl (C=O) groups is 1. The number of halogens is 1. The van der Waals surface area contributed by atoms with Crippen LogP contribution in [0.5, 0.6) is 5.75 Å². The topological polar surface area (TPSA) is 82.0 Å². The Morgan fingerprint density at radius 2 is 1.97 bits per heavy atom. The van der Waals surface area contributed by atoms with Gasteiger partial charge >= 0.3 is 0 Å². The number of hydrogen-bond acceptors (Lipinski definition) is 5. The number of benzene rings is 2. The van der Waals surface area contributed by atoms with E-state index in [1.54, 1.807) is 25.1 Å². The van der Waals surface area contributed by atoms with Crippen LogP contribution < -0.4 is 10.1 Å². The van der Waals surface area contributed by atoms with E-state index < -0.39 is 17.8 Å². The molecule has 2 aliphatic heterocycles. The largest absolute Gasteiger partial charge is 0.487 e. The van der Waals surface area contributed by atoms with Gasteiger partial charge in [0.25, 0.3) is 0 Å². The zero-order chi connectivity index (χ0) is 22.0. The highest BCUT2D eigenvalue weighted by molar-refractivity contribution is 5.90. The number of amides is 1. The van der Waals surface area contributed by atoms with Crippen molar-refractivity contribution in [3.8, 4) is 5.75 Å². The summed E-state index contributed by atoms with van der Waals surface area (Å²) in [5.41, 5.74) is 1.58. The van der Waals surface area contributed by atoms with Crippen molar-refractivity contribution in [2.24, 2.45) is 0 Å². The fraction of sp³-hybridized carbons (Fsp3) is 0.458. The first kappa shape index (κ1) is 21.7. The number of carbonyl (C=O) groups excluding carboxylic acids is 1. The molecule has 7 heteroatoms. The molecule has 1 fully saturated rings. The lowest BCUT2D eigenvalue weighted by atomic mass is 9.81. The first-order valence-electron chi connectivity index (χ1n) is 10.8. The van der Waals surface area contributed by atoms with Gasteiger partial charge in [0, 0.05) is 43.7 Å². The quantitative estimate of drug-likeness (QED) is 0.679. The molecule has 1 saturated heterocycles. The maximum atomic E-state index is 13.5. The Balaban J connectivity index is 1.33. The number of aliphatic hydroxyl groups excluding tert-OH is 2. The van der Waals surface area contributed by atoms with E-state index in [2.05, 4.69) is 10.2 Å². The maximum Gasteiger partial charge on any atom is 0.224 e. The van der Waals surface area contributed by atoms with Gasteiger partial charge in [-0.05, 0) is 48.7 Å². The molecule has 2 atom stereocenters. The summed E-state index contributed by atoms with van der Waals surface area (Å²) in [4.78, 5) is 13.7. The Hall–Kier alpha value is -2.48. The molecule has 0 saturated carbocycles. The van der Waals surface area contributed by atoms with Crippen LogP contribution in [0, 0.1) is 5.82 Å². The number of likely N-dealkylation sites (tertiary alicyclic amines) is 1. The molecule has 2 aromatic carbocycles. The molecule has 3 N–H and O–H groups in total. The van der Waals surface area contributed by atoms with E-state index in [4.69, 9.17) is 4.74 Å². The van der Waals surface area contributed by atoms with Gasteiger partial charge in [0.15, 0.2) is 0 Å². The van der Waals surface area contributed by atoms with Gasteiger partial charge < -0.3 is 25.2 Å². The van der Waals surface area contributed by atoms with Gasteiger partial charge in [-0.25, -0.2) is 4.39 Å². The van der Waals surface area contributed by atoms with Crippen molar-refractivity contribution in [1.29, 1.82) is 0 Å². The summed E-state index contributed by atoms with van der Waals surface area (Å²) >= 11 is 0. The van der Waals surface area contributed by atoms with E-state index in [1.165, 1.54) is 12.1 Å². The Morgan fingerprint density at radius 3 is 2.65 bits per heavy atom. The number of β-amino-alcohol motifs (C(OH)–C–C–N with tert-alkyl or cyclic N) is 1. The number of hydrogen-bond donors (Lipinski definition) is 3. The van der Waals surface area contributed by atoms with Crippen LogP contribution in [-0.2, 0) is 4.79 Å². The summed E-state index contributed by atoms with van der Waals surface area (Å²) < 4.78 is 19.7. The van der Waals surface area contributed by atoms with Gasteiger partial charge in [-0.2, -0.15) is 0 Å². The smallest absolute Gasteiger partial charge is 0.224 e. The average molecular weight is 429 g/mol. The third-order valence-corrected chi connectivity index (χ3v) is 6.32. The average Bonchev–Trinajstić information content (AvgIpc) is 2.76. The van der Waals surface area contributed by atoms with E-state index >= 15 is 0 Å². The highest BCUT2D eigenvalue weighted by Gasteiger charge is 2.43. The number of piperidine rings is 1. The lowest BCUT2D eigenvalue weighted by Gasteiger charge is -2.46. The summed E-state index contributed by atoms with van der Waals surface area (Å²) in [7, 11) is 0. The molecule has 2 aliphatic rings. The highest BCUT2D eigenvalue weighted by atomic mass is 19.1. The third kappa shape index (κ3) is 4.89. The Bertz CT molecular complexity index is 926. The predicted molar refractivity (Wildman–Crippen MR) is 115 cm³/mol. The number of nitrogens with zero attached hydrogens (tertiary/aromatic N) is 1. The van der Waals surface area contributed by atoms with Crippen LogP contribution in [0.3, 0.4) is 0 Å². The molecule has 0 aromatic heterocycles. The second-order valence-electron chi connectivity index (χ2n) is 8.53. The van der Waals surface area contributed by atoms with Crippen LogP contribution in [0.25, 0.3) is 0 Å². The zero-order valence-electron chi connectivity index (χ0n) is 17.7. The van der Waals surface area contributed by atoms with Gasteiger partial charge in [0.1, 0.15) is 17.2 Å². The maximum absolute atomic E-state index is 13.5. The van der Waals surface area contributed by atoms with Crippen LogP contribution in [0.4, 0.5) is 10.1 Å². The molecular weight excluding hydrogens is 399 g/mol. The summed E-state index contributed by atoms with van der Waals surface area (Å²) in [5.74, 6) is 0.143. The highest BCUT2D eigenvalue weighted by Crippen LogP contribution is 2.44. The lowest BCUT2D eigenvalue weighted by Crippen LogP contribution is -2.51. The minimum Gasteiger partial charge on any atom is -0.487 e. The molecule has 0 radical (unpaired) electrons. The van der Waals surface area contributed by atoms with Crippen molar-refractivity contribution in [2.45, 2.75) is 50.4 Å². The number of rotatable bonds is 5. The van der Waals surface area contributed by atoms with Crippen molar-refractivity contribution in [3.63, 3.8) is 0 Å². The Morgan fingerprint density at radius 1 is 1.26 bits per heavy atom. The molecule has 2 aromatic rings. The molecule has 2 unspecified atom stereocenters. The van der Waals surface area contributed by atoms with Gasteiger partial charge in [0.2, 0.25) is 5.91 Å². The molecule has 6 nitrogen and oxygen atoms in total. The molecule has 1 spiro atoms. The zero-order valence-corrected chi connectivity index (χ0v) is 17.7. The normalized spacial score (nSPS) is 21.2. The number of ether oxygens (including phenoxy) is 1. The van der Waals surface area contributed by atoms with Crippen molar-refractivity contribution >= 4 is 11.6 Å². The SMILES string of the molecule is CCC(=O)Nc1ccc(C(O)CN2CCC3(CC2)CC(O)c2cc(F)ccc2O3)cc1. The summed E-state index contributed by atoms with van der Waals surface area (Å²) in [6.07, 6.45) is 0.967. The van der Waals surface area contributed by atoms with Crippen molar-refractivity contribution in [2.75, 3.05) is 25.0 Å². The third-order valence-electron chi connectivity index (χ3n) is 6.32. The summed E-state index contributed by atoms with van der Waals surface area (Å²) in [5, 5.41) is 24.0. The van der Waals surface area contributed by atoms with Crippen LogP contribution in [0.1, 0.15) is 55.9 Å². The standard InChI is InChI=1S/C24H29FN2O4/c1-2-23(30)26-18-6-3-16(4-7-18)21(29)15-27-11-9-24(10-12-27)14-20(28)19-13-17(25)5-8-22(19)31-24/h3-8,13,20-21,28-29H,2,9-12,14-15H2,1H3,(H,26,30). The van der Waals surface area contributed by atoms with E-state index in [1.807, 2.05) is 12.1 Å². The molecule has 4 rings (SSSR count). The minimum atomic E-state index is -0.733. The van der Waals surface area contributed by atoms with E-state index in [-0.39, 0.29) is 11.7 Å². The summed E-state index contributed by atoms with van der Waals surface area (Å²) in [6.45, 7) is 3.78. The van der Waals surface area contributed by atoms with Crippen LogP contribution in [0.2, 0.25) is 0 Å². The number of nitrogens with one attached hydrogen (secondary N) is 1. The number of anilines is 1. The van der Waals surface area contributed by atoms with Gasteiger partial charge in [-0.15, -0.1) is 0 Å². The lowest BCUT2D eigenvalue weighted by molar-refractivity contribution is -0.115. The molecule has 1 amide bonds. The second-order valence-corrected chi connectivity index (χ2v) is 8.53. The molecule has 0 bridgehead atoms. The van der Waals surface area contributed by atoms with Gasteiger partial charge in [-0.3, -0.25) is 4.79 Å². The molecule has 0 aliphatic carbocycles. The first-order valence-corrected chi connectivity index (χ1v) is 10.8. The predicted octanol–water partition coefficient (Wildman–Crippen LogP) is 3.56. The molecule has 31 heavy (non-hydrogen) atoms. The van der Waals surface area contributed by atoms with E-state index in [0.717, 1.165) is 37.2 Å². The van der Waals surface area contributed by atoms with Crippen LogP contribution in [-0.4, -0.2) is 46.3 Å². The number of fused-ring (bicyclic) bond motifs is 1.